The van der Waals surface area contributed by atoms with Gasteiger partial charge in [-0.25, -0.2) is 0 Å². The second-order valence-electron chi connectivity index (χ2n) is 5.88. The molecule has 0 heterocycles. The fourth-order valence-corrected chi connectivity index (χ4v) is 5.17. The van der Waals surface area contributed by atoms with Gasteiger partial charge in [-0.1, -0.05) is 72.8 Å². The highest BCUT2D eigenvalue weighted by Crippen LogP contribution is 2.46. The van der Waals surface area contributed by atoms with Gasteiger partial charge in [-0.2, -0.15) is 0 Å². The van der Waals surface area contributed by atoms with Gasteiger partial charge in [0, 0.05) is 16.2 Å². The maximum absolute atomic E-state index is 14.0. The van der Waals surface area contributed by atoms with Gasteiger partial charge < -0.3 is 4.57 Å². The topological polar surface area (TPSA) is 34.1 Å². The van der Waals surface area contributed by atoms with Crippen molar-refractivity contribution >= 4 is 23.3 Å². The van der Waals surface area contributed by atoms with E-state index in [2.05, 4.69) is 0 Å². The summed E-state index contributed by atoms with van der Waals surface area (Å²) < 4.78 is 14.0. The molecule has 3 aromatic carbocycles. The van der Waals surface area contributed by atoms with Gasteiger partial charge in [0.05, 0.1) is 0 Å². The van der Waals surface area contributed by atoms with Crippen molar-refractivity contribution < 1.29 is 9.36 Å². The summed E-state index contributed by atoms with van der Waals surface area (Å²) in [5.74, 6) is 0. The number of carbonyl (C=O) groups excluding carboxylic acids is 1. The van der Waals surface area contributed by atoms with Crippen LogP contribution in [0.1, 0.15) is 21.5 Å². The van der Waals surface area contributed by atoms with E-state index >= 15 is 0 Å². The maximum Gasteiger partial charge on any atom is 0.230 e. The molecule has 0 unspecified atom stereocenters. The molecule has 0 amide bonds. The van der Waals surface area contributed by atoms with E-state index in [-0.39, 0.29) is 5.52 Å². The summed E-state index contributed by atoms with van der Waals surface area (Å²) in [6.07, 6.45) is 0. The molecule has 0 aliphatic heterocycles. The zero-order valence-electron chi connectivity index (χ0n) is 13.8. The standard InChI is InChI=1S/C21H19O2P/c1-16-13-14-18(15-17(16)2)21(22)24(23,19-9-5-3-6-10-19)20-11-7-4-8-12-20/h3-15H,1-2H3. The minimum atomic E-state index is -3.41. The Balaban J connectivity index is 2.20. The van der Waals surface area contributed by atoms with Crippen LogP contribution in [-0.4, -0.2) is 5.52 Å². The quantitative estimate of drug-likeness (QED) is 0.660. The van der Waals surface area contributed by atoms with Gasteiger partial charge in [-0.3, -0.25) is 4.79 Å². The molecule has 3 heteroatoms. The van der Waals surface area contributed by atoms with Crippen molar-refractivity contribution in [1.29, 1.82) is 0 Å². The van der Waals surface area contributed by atoms with Crippen molar-refractivity contribution in [3.05, 3.63) is 95.6 Å². The van der Waals surface area contributed by atoms with Crippen LogP contribution in [0.5, 0.6) is 0 Å². The average molecular weight is 334 g/mol. The molecule has 0 radical (unpaired) electrons. The molecule has 0 N–H and O–H groups in total. The first-order valence-corrected chi connectivity index (χ1v) is 9.57. The van der Waals surface area contributed by atoms with Crippen LogP contribution in [0.4, 0.5) is 0 Å². The number of benzene rings is 3. The van der Waals surface area contributed by atoms with Gasteiger partial charge in [0.25, 0.3) is 0 Å². The summed E-state index contributed by atoms with van der Waals surface area (Å²) in [6.45, 7) is 3.96. The zero-order valence-corrected chi connectivity index (χ0v) is 14.7. The molecule has 0 bridgehead atoms. The highest BCUT2D eigenvalue weighted by atomic mass is 31.2. The minimum Gasteiger partial charge on any atom is -0.305 e. The van der Waals surface area contributed by atoms with Gasteiger partial charge in [-0.05, 0) is 31.0 Å². The van der Waals surface area contributed by atoms with Crippen molar-refractivity contribution in [2.24, 2.45) is 0 Å². The zero-order chi connectivity index (χ0) is 17.2. The summed E-state index contributed by atoms with van der Waals surface area (Å²) in [5, 5.41) is 1.14. The highest BCUT2D eigenvalue weighted by Gasteiger charge is 2.36. The Morgan fingerprint density at radius 3 is 1.67 bits per heavy atom. The summed E-state index contributed by atoms with van der Waals surface area (Å²) in [6, 6.07) is 23.6. The van der Waals surface area contributed by atoms with Crippen molar-refractivity contribution in [1.82, 2.24) is 0 Å². The van der Waals surface area contributed by atoms with E-state index in [0.29, 0.717) is 16.2 Å². The average Bonchev–Trinajstić information content (AvgIpc) is 2.64. The van der Waals surface area contributed by atoms with Gasteiger partial charge in [-0.15, -0.1) is 0 Å². The Kier molecular flexibility index (Phi) is 4.51. The van der Waals surface area contributed by atoms with Gasteiger partial charge in [0.1, 0.15) is 0 Å². The summed E-state index contributed by atoms with van der Waals surface area (Å²) in [4.78, 5) is 13.3. The fourth-order valence-electron chi connectivity index (χ4n) is 2.72. The van der Waals surface area contributed by atoms with E-state index in [1.165, 1.54) is 0 Å². The van der Waals surface area contributed by atoms with Gasteiger partial charge in [0.2, 0.25) is 12.7 Å². The molecule has 0 aliphatic rings. The third-order valence-corrected chi connectivity index (χ3v) is 7.16. The first kappa shape index (κ1) is 16.4. The largest absolute Gasteiger partial charge is 0.305 e. The van der Waals surface area contributed by atoms with Crippen LogP contribution in [-0.2, 0) is 4.57 Å². The predicted octanol–water partition coefficient (Wildman–Crippen LogP) is 4.46. The summed E-state index contributed by atoms with van der Waals surface area (Å²) >= 11 is 0. The Hall–Kier alpha value is -2.44. The van der Waals surface area contributed by atoms with E-state index in [9.17, 15) is 9.36 Å². The minimum absolute atomic E-state index is 0.317. The van der Waals surface area contributed by atoms with Crippen molar-refractivity contribution in [2.75, 3.05) is 0 Å². The van der Waals surface area contributed by atoms with Gasteiger partial charge in [0.15, 0.2) is 0 Å². The molecule has 0 saturated carbocycles. The molecule has 0 fully saturated rings. The Labute approximate surface area is 142 Å². The van der Waals surface area contributed by atoms with Crippen LogP contribution >= 0.6 is 7.14 Å². The third kappa shape index (κ3) is 2.86. The Morgan fingerprint density at radius 1 is 0.708 bits per heavy atom. The Morgan fingerprint density at radius 2 is 1.21 bits per heavy atom. The normalized spacial score (nSPS) is 11.2. The van der Waals surface area contributed by atoms with Crippen LogP contribution < -0.4 is 10.6 Å². The van der Waals surface area contributed by atoms with Crippen LogP contribution in [0.3, 0.4) is 0 Å². The number of hydrogen-bond donors (Lipinski definition) is 0. The second-order valence-corrected chi connectivity index (χ2v) is 8.54. The molecule has 0 saturated heterocycles. The molecule has 0 aliphatic carbocycles. The smallest absolute Gasteiger partial charge is 0.230 e. The lowest BCUT2D eigenvalue weighted by molar-refractivity contribution is 0.107. The van der Waals surface area contributed by atoms with Crippen LogP contribution in [0, 0.1) is 13.8 Å². The molecule has 0 spiro atoms. The van der Waals surface area contributed by atoms with Crippen molar-refractivity contribution in [2.45, 2.75) is 13.8 Å². The molecular formula is C21H19O2P. The molecule has 24 heavy (non-hydrogen) atoms. The number of hydrogen-bond acceptors (Lipinski definition) is 2. The highest BCUT2D eigenvalue weighted by molar-refractivity contribution is 7.93. The molecular weight excluding hydrogens is 315 g/mol. The third-order valence-electron chi connectivity index (χ3n) is 4.28. The van der Waals surface area contributed by atoms with E-state index in [1.807, 2.05) is 62.4 Å². The molecule has 3 aromatic rings. The number of rotatable bonds is 4. The van der Waals surface area contributed by atoms with Crippen LogP contribution in [0.2, 0.25) is 0 Å². The van der Waals surface area contributed by atoms with E-state index in [1.54, 1.807) is 30.3 Å². The molecule has 0 atom stereocenters. The molecule has 3 rings (SSSR count). The lowest BCUT2D eigenvalue weighted by Crippen LogP contribution is -2.22. The first-order valence-electron chi connectivity index (χ1n) is 7.87. The maximum atomic E-state index is 14.0. The van der Waals surface area contributed by atoms with E-state index < -0.39 is 7.14 Å². The number of carbonyl (C=O) groups is 1. The van der Waals surface area contributed by atoms with Crippen LogP contribution in [0.15, 0.2) is 78.9 Å². The monoisotopic (exact) mass is 334 g/mol. The molecule has 120 valence electrons. The lowest BCUT2D eigenvalue weighted by atomic mass is 10.1. The van der Waals surface area contributed by atoms with Crippen molar-refractivity contribution in [3.8, 4) is 0 Å². The first-order chi connectivity index (χ1) is 11.5. The fraction of sp³-hybridized carbons (Fsp3) is 0.0952. The number of aryl methyl sites for hydroxylation is 2. The van der Waals surface area contributed by atoms with E-state index in [0.717, 1.165) is 11.1 Å². The SMILES string of the molecule is Cc1ccc(C(=O)P(=O)(c2ccccc2)c2ccccc2)cc1C. The van der Waals surface area contributed by atoms with Crippen molar-refractivity contribution in [3.63, 3.8) is 0 Å². The Bertz CT molecular complexity index is 872. The lowest BCUT2D eigenvalue weighted by Gasteiger charge is -2.18. The summed E-state index contributed by atoms with van der Waals surface area (Å²) in [7, 11) is -3.41. The second kappa shape index (κ2) is 6.59. The molecule has 2 nitrogen and oxygen atoms in total. The molecule has 0 aromatic heterocycles. The summed E-state index contributed by atoms with van der Waals surface area (Å²) in [5.41, 5.74) is 2.31. The van der Waals surface area contributed by atoms with E-state index in [4.69, 9.17) is 0 Å². The van der Waals surface area contributed by atoms with Crippen LogP contribution in [0.25, 0.3) is 0 Å². The van der Waals surface area contributed by atoms with Gasteiger partial charge >= 0.3 is 0 Å². The predicted molar refractivity (Wildman–Crippen MR) is 100 cm³/mol.